The van der Waals surface area contributed by atoms with Crippen molar-refractivity contribution in [3.05, 3.63) is 48.0 Å². The quantitative estimate of drug-likeness (QED) is 0.754. The number of carboxylic acid groups (broad SMARTS) is 1. The van der Waals surface area contributed by atoms with Crippen LogP contribution in [0.25, 0.3) is 0 Å². The number of aliphatic carboxylic acids is 1. The summed E-state index contributed by atoms with van der Waals surface area (Å²) < 4.78 is 0. The predicted octanol–water partition coefficient (Wildman–Crippen LogP) is 1.86. The molecule has 1 unspecified atom stereocenters. The van der Waals surface area contributed by atoms with Crippen LogP contribution in [0.5, 0.6) is 0 Å². The number of benzene rings is 1. The Hall–Kier alpha value is -2.10. The molecular weight excluding hydrogens is 230 g/mol. The SMILES string of the molecule is C=CCNC(=O)C(CC(=O)O)c1ccc(C)cc1. The Kier molecular flexibility index (Phi) is 5.11. The number of amides is 1. The third-order valence-electron chi connectivity index (χ3n) is 2.60. The fourth-order valence-electron chi connectivity index (χ4n) is 1.63. The summed E-state index contributed by atoms with van der Waals surface area (Å²) in [6.07, 6.45) is 1.34. The van der Waals surface area contributed by atoms with E-state index in [4.69, 9.17) is 5.11 Å². The number of rotatable bonds is 6. The molecule has 0 fully saturated rings. The molecule has 96 valence electrons. The average molecular weight is 247 g/mol. The Morgan fingerprint density at radius 2 is 2.00 bits per heavy atom. The van der Waals surface area contributed by atoms with Crippen LogP contribution in [0, 0.1) is 6.92 Å². The monoisotopic (exact) mass is 247 g/mol. The van der Waals surface area contributed by atoms with Gasteiger partial charge in [0.25, 0.3) is 0 Å². The van der Waals surface area contributed by atoms with Gasteiger partial charge in [0.1, 0.15) is 0 Å². The molecule has 0 bridgehead atoms. The van der Waals surface area contributed by atoms with Gasteiger partial charge in [-0.05, 0) is 12.5 Å². The number of carboxylic acids is 1. The fraction of sp³-hybridized carbons (Fsp3) is 0.286. The van der Waals surface area contributed by atoms with Gasteiger partial charge in [-0.3, -0.25) is 9.59 Å². The first-order chi connectivity index (χ1) is 8.54. The molecule has 0 radical (unpaired) electrons. The molecule has 0 aliphatic rings. The second kappa shape index (κ2) is 6.59. The van der Waals surface area contributed by atoms with Crippen LogP contribution >= 0.6 is 0 Å². The maximum absolute atomic E-state index is 11.9. The first-order valence-electron chi connectivity index (χ1n) is 5.71. The zero-order chi connectivity index (χ0) is 13.5. The molecule has 2 N–H and O–H groups in total. The van der Waals surface area contributed by atoms with Crippen molar-refractivity contribution in [3.63, 3.8) is 0 Å². The molecule has 18 heavy (non-hydrogen) atoms. The largest absolute Gasteiger partial charge is 0.481 e. The molecule has 1 rings (SSSR count). The molecular formula is C14H17NO3. The lowest BCUT2D eigenvalue weighted by atomic mass is 9.94. The molecule has 4 heteroatoms. The van der Waals surface area contributed by atoms with Crippen molar-refractivity contribution in [2.75, 3.05) is 6.54 Å². The first-order valence-corrected chi connectivity index (χ1v) is 5.71. The topological polar surface area (TPSA) is 66.4 Å². The van der Waals surface area contributed by atoms with Crippen molar-refractivity contribution in [1.82, 2.24) is 5.32 Å². The number of nitrogens with one attached hydrogen (secondary N) is 1. The van der Waals surface area contributed by atoms with Gasteiger partial charge in [0.15, 0.2) is 0 Å². The van der Waals surface area contributed by atoms with E-state index in [0.29, 0.717) is 12.1 Å². The summed E-state index contributed by atoms with van der Waals surface area (Å²) in [5, 5.41) is 11.5. The lowest BCUT2D eigenvalue weighted by Gasteiger charge is -2.15. The smallest absolute Gasteiger partial charge is 0.304 e. The van der Waals surface area contributed by atoms with E-state index in [1.165, 1.54) is 0 Å². The van der Waals surface area contributed by atoms with E-state index in [1.807, 2.05) is 19.1 Å². The van der Waals surface area contributed by atoms with Crippen LogP contribution in [-0.2, 0) is 9.59 Å². The van der Waals surface area contributed by atoms with Gasteiger partial charge < -0.3 is 10.4 Å². The molecule has 1 amide bonds. The number of hydrogen-bond donors (Lipinski definition) is 2. The molecule has 1 atom stereocenters. The molecule has 0 saturated carbocycles. The molecule has 0 saturated heterocycles. The number of carbonyl (C=O) groups excluding carboxylic acids is 1. The van der Waals surface area contributed by atoms with Gasteiger partial charge >= 0.3 is 5.97 Å². The second-order valence-electron chi connectivity index (χ2n) is 4.09. The van der Waals surface area contributed by atoms with E-state index in [2.05, 4.69) is 11.9 Å². The number of hydrogen-bond acceptors (Lipinski definition) is 2. The zero-order valence-corrected chi connectivity index (χ0v) is 10.3. The summed E-state index contributed by atoms with van der Waals surface area (Å²) >= 11 is 0. The highest BCUT2D eigenvalue weighted by molar-refractivity contribution is 5.87. The van der Waals surface area contributed by atoms with Gasteiger partial charge in [-0.15, -0.1) is 6.58 Å². The highest BCUT2D eigenvalue weighted by Gasteiger charge is 2.22. The average Bonchev–Trinajstić information content (AvgIpc) is 2.34. The van der Waals surface area contributed by atoms with E-state index >= 15 is 0 Å². The van der Waals surface area contributed by atoms with Crippen molar-refractivity contribution in [3.8, 4) is 0 Å². The Balaban J connectivity index is 2.89. The van der Waals surface area contributed by atoms with Crippen LogP contribution in [0.4, 0.5) is 0 Å². The molecule has 4 nitrogen and oxygen atoms in total. The Bertz CT molecular complexity index is 437. The van der Waals surface area contributed by atoms with Crippen molar-refractivity contribution in [1.29, 1.82) is 0 Å². The summed E-state index contributed by atoms with van der Waals surface area (Å²) in [4.78, 5) is 22.7. The summed E-state index contributed by atoms with van der Waals surface area (Å²) in [7, 11) is 0. The molecule has 0 spiro atoms. The van der Waals surface area contributed by atoms with Gasteiger partial charge in [-0.1, -0.05) is 35.9 Å². The third kappa shape index (κ3) is 4.05. The predicted molar refractivity (Wildman–Crippen MR) is 69.4 cm³/mol. The van der Waals surface area contributed by atoms with Crippen LogP contribution in [0.1, 0.15) is 23.5 Å². The number of aryl methyl sites for hydroxylation is 1. The standard InChI is InChI=1S/C14H17NO3/c1-3-8-15-14(18)12(9-13(16)17)11-6-4-10(2)5-7-11/h3-7,12H,1,8-9H2,2H3,(H,15,18)(H,16,17). The van der Waals surface area contributed by atoms with Crippen molar-refractivity contribution >= 4 is 11.9 Å². The van der Waals surface area contributed by atoms with Crippen molar-refractivity contribution in [2.45, 2.75) is 19.3 Å². The van der Waals surface area contributed by atoms with Crippen molar-refractivity contribution in [2.24, 2.45) is 0 Å². The highest BCUT2D eigenvalue weighted by Crippen LogP contribution is 2.20. The van der Waals surface area contributed by atoms with Crippen molar-refractivity contribution < 1.29 is 14.7 Å². The van der Waals surface area contributed by atoms with E-state index in [1.54, 1.807) is 18.2 Å². The van der Waals surface area contributed by atoms with Crippen LogP contribution in [0.3, 0.4) is 0 Å². The Labute approximate surface area is 106 Å². The third-order valence-corrected chi connectivity index (χ3v) is 2.60. The van der Waals surface area contributed by atoms with Gasteiger partial charge in [0, 0.05) is 6.54 Å². The summed E-state index contributed by atoms with van der Waals surface area (Å²) in [5.74, 6) is -1.95. The maximum Gasteiger partial charge on any atom is 0.304 e. The van der Waals surface area contributed by atoms with Gasteiger partial charge in [0.2, 0.25) is 5.91 Å². The second-order valence-corrected chi connectivity index (χ2v) is 4.09. The molecule has 0 aromatic heterocycles. The molecule has 0 heterocycles. The molecule has 0 aliphatic carbocycles. The number of carbonyl (C=O) groups is 2. The minimum absolute atomic E-state index is 0.216. The first kappa shape index (κ1) is 14.0. The normalized spacial score (nSPS) is 11.6. The maximum atomic E-state index is 11.9. The zero-order valence-electron chi connectivity index (χ0n) is 10.3. The van der Waals surface area contributed by atoms with E-state index in [0.717, 1.165) is 5.56 Å². The van der Waals surface area contributed by atoms with Crippen LogP contribution in [-0.4, -0.2) is 23.5 Å². The molecule has 0 aliphatic heterocycles. The summed E-state index contributed by atoms with van der Waals surface area (Å²) in [6, 6.07) is 7.31. The Morgan fingerprint density at radius 1 is 1.39 bits per heavy atom. The van der Waals surface area contributed by atoms with Crippen LogP contribution < -0.4 is 5.32 Å². The van der Waals surface area contributed by atoms with Gasteiger partial charge in [-0.2, -0.15) is 0 Å². The molecule has 1 aromatic rings. The van der Waals surface area contributed by atoms with E-state index in [9.17, 15) is 9.59 Å². The van der Waals surface area contributed by atoms with E-state index in [-0.39, 0.29) is 12.3 Å². The summed E-state index contributed by atoms with van der Waals surface area (Å²) in [5.41, 5.74) is 1.78. The van der Waals surface area contributed by atoms with Crippen LogP contribution in [0.2, 0.25) is 0 Å². The summed E-state index contributed by atoms with van der Waals surface area (Å²) in [6.45, 7) is 5.78. The van der Waals surface area contributed by atoms with Gasteiger partial charge in [-0.25, -0.2) is 0 Å². The van der Waals surface area contributed by atoms with Crippen LogP contribution in [0.15, 0.2) is 36.9 Å². The minimum atomic E-state index is -0.991. The lowest BCUT2D eigenvalue weighted by molar-refractivity contribution is -0.139. The lowest BCUT2D eigenvalue weighted by Crippen LogP contribution is -2.30. The van der Waals surface area contributed by atoms with Gasteiger partial charge in [0.05, 0.1) is 12.3 Å². The molecule has 1 aromatic carbocycles. The fourth-order valence-corrected chi connectivity index (χ4v) is 1.63. The highest BCUT2D eigenvalue weighted by atomic mass is 16.4. The Morgan fingerprint density at radius 3 is 2.50 bits per heavy atom. The van der Waals surface area contributed by atoms with E-state index < -0.39 is 11.9 Å². The minimum Gasteiger partial charge on any atom is -0.481 e.